The second-order valence-electron chi connectivity index (χ2n) is 9.26. The molecule has 10 heteroatoms. The quantitative estimate of drug-likeness (QED) is 0.352. The Morgan fingerprint density at radius 1 is 0.947 bits per heavy atom. The molecular weight excluding hydrogens is 573 g/mol. The Bertz CT molecular complexity index is 1380. The van der Waals surface area contributed by atoms with E-state index in [0.717, 1.165) is 26.0 Å². The van der Waals surface area contributed by atoms with E-state index in [1.807, 2.05) is 19.1 Å². The van der Waals surface area contributed by atoms with Crippen LogP contribution in [0.1, 0.15) is 31.9 Å². The first-order chi connectivity index (χ1) is 17.9. The molecule has 0 saturated heterocycles. The summed E-state index contributed by atoms with van der Waals surface area (Å²) in [6, 6.07) is 17.6. The van der Waals surface area contributed by atoms with Crippen molar-refractivity contribution in [3.8, 4) is 0 Å². The van der Waals surface area contributed by atoms with Crippen LogP contribution < -0.4 is 9.62 Å². The molecular formula is C28H31BrFN3O4S. The van der Waals surface area contributed by atoms with Gasteiger partial charge in [0, 0.05) is 17.1 Å². The molecule has 3 rings (SSSR count). The molecule has 0 aliphatic carbocycles. The van der Waals surface area contributed by atoms with Gasteiger partial charge in [0.2, 0.25) is 11.8 Å². The normalized spacial score (nSPS) is 12.2. The van der Waals surface area contributed by atoms with E-state index in [9.17, 15) is 22.4 Å². The fourth-order valence-electron chi connectivity index (χ4n) is 3.78. The van der Waals surface area contributed by atoms with Crippen LogP contribution in [0.25, 0.3) is 0 Å². The molecule has 1 N–H and O–H groups in total. The number of para-hydroxylation sites is 1. The monoisotopic (exact) mass is 603 g/mol. The maximum Gasteiger partial charge on any atom is 0.264 e. The SMILES string of the molecule is Cc1ccc(S(=O)(=O)N(CC(=O)N(Cc2ccc(Br)cc2)[C@H](C)C(=O)NC(C)C)c2ccccc2F)cc1. The van der Waals surface area contributed by atoms with Gasteiger partial charge in [0.05, 0.1) is 10.6 Å². The minimum absolute atomic E-state index is 0.0501. The lowest BCUT2D eigenvalue weighted by atomic mass is 10.1. The summed E-state index contributed by atoms with van der Waals surface area (Å²) in [5.41, 5.74) is 1.33. The van der Waals surface area contributed by atoms with Crippen molar-refractivity contribution >= 4 is 43.5 Å². The van der Waals surface area contributed by atoms with Crippen LogP contribution in [-0.4, -0.2) is 43.8 Å². The van der Waals surface area contributed by atoms with Crippen molar-refractivity contribution in [2.24, 2.45) is 0 Å². The largest absolute Gasteiger partial charge is 0.352 e. The van der Waals surface area contributed by atoms with Crippen LogP contribution in [0.2, 0.25) is 0 Å². The van der Waals surface area contributed by atoms with E-state index in [4.69, 9.17) is 0 Å². The van der Waals surface area contributed by atoms with E-state index in [-0.39, 0.29) is 29.1 Å². The number of nitrogens with one attached hydrogen (secondary N) is 1. The highest BCUT2D eigenvalue weighted by atomic mass is 79.9. The van der Waals surface area contributed by atoms with Crippen LogP contribution in [0.3, 0.4) is 0 Å². The highest BCUT2D eigenvalue weighted by Crippen LogP contribution is 2.27. The smallest absolute Gasteiger partial charge is 0.264 e. The van der Waals surface area contributed by atoms with Gasteiger partial charge in [0.25, 0.3) is 10.0 Å². The van der Waals surface area contributed by atoms with Gasteiger partial charge in [-0.2, -0.15) is 0 Å². The molecule has 2 amide bonds. The van der Waals surface area contributed by atoms with Gasteiger partial charge < -0.3 is 10.2 Å². The Hall–Kier alpha value is -3.24. The van der Waals surface area contributed by atoms with Crippen LogP contribution in [0.5, 0.6) is 0 Å². The number of amides is 2. The standard InChI is InChI=1S/C28H31BrFN3O4S/c1-19(2)31-28(35)21(4)32(17-22-11-13-23(29)14-12-22)27(34)18-33(26-8-6-5-7-25(26)30)38(36,37)24-15-9-20(3)10-16-24/h5-16,19,21H,17-18H2,1-4H3,(H,31,35)/t21-/m1/s1. The van der Waals surface area contributed by atoms with Crippen molar-refractivity contribution in [3.63, 3.8) is 0 Å². The number of sulfonamides is 1. The molecule has 0 aromatic heterocycles. The summed E-state index contributed by atoms with van der Waals surface area (Å²) in [6.07, 6.45) is 0. The van der Waals surface area contributed by atoms with E-state index >= 15 is 0 Å². The Balaban J connectivity index is 2.04. The second-order valence-corrected chi connectivity index (χ2v) is 12.0. The number of anilines is 1. The summed E-state index contributed by atoms with van der Waals surface area (Å²) in [7, 11) is -4.33. The zero-order valence-corrected chi connectivity index (χ0v) is 24.1. The summed E-state index contributed by atoms with van der Waals surface area (Å²) < 4.78 is 43.9. The highest BCUT2D eigenvalue weighted by molar-refractivity contribution is 9.10. The van der Waals surface area contributed by atoms with E-state index < -0.39 is 34.3 Å². The molecule has 0 aliphatic rings. The first kappa shape index (κ1) is 29.3. The number of hydrogen-bond acceptors (Lipinski definition) is 4. The topological polar surface area (TPSA) is 86.8 Å². The van der Waals surface area contributed by atoms with Crippen molar-refractivity contribution in [2.45, 2.75) is 51.2 Å². The van der Waals surface area contributed by atoms with Gasteiger partial charge in [-0.25, -0.2) is 12.8 Å². The maximum atomic E-state index is 14.9. The van der Waals surface area contributed by atoms with Gasteiger partial charge >= 0.3 is 0 Å². The molecule has 0 heterocycles. The number of carbonyl (C=O) groups is 2. The Labute approximate surface area is 231 Å². The minimum atomic E-state index is -4.33. The predicted octanol–water partition coefficient (Wildman–Crippen LogP) is 5.03. The van der Waals surface area contributed by atoms with Crippen LogP contribution >= 0.6 is 15.9 Å². The van der Waals surface area contributed by atoms with Gasteiger partial charge in [-0.1, -0.05) is 57.9 Å². The zero-order chi connectivity index (χ0) is 28.0. The summed E-state index contributed by atoms with van der Waals surface area (Å²) >= 11 is 3.38. The number of aryl methyl sites for hydroxylation is 1. The lowest BCUT2D eigenvalue weighted by Crippen LogP contribution is -2.52. The first-order valence-electron chi connectivity index (χ1n) is 12.1. The molecule has 0 saturated carbocycles. The van der Waals surface area contributed by atoms with Crippen molar-refractivity contribution in [3.05, 3.63) is 94.2 Å². The zero-order valence-electron chi connectivity index (χ0n) is 21.7. The first-order valence-corrected chi connectivity index (χ1v) is 14.3. The third-order valence-corrected chi connectivity index (χ3v) is 8.18. The molecule has 1 atom stereocenters. The molecule has 3 aromatic rings. The fraction of sp³-hybridized carbons (Fsp3) is 0.286. The Kier molecular flexibility index (Phi) is 9.67. The van der Waals surface area contributed by atoms with Crippen LogP contribution in [0.4, 0.5) is 10.1 Å². The predicted molar refractivity (Wildman–Crippen MR) is 150 cm³/mol. The van der Waals surface area contributed by atoms with E-state index in [1.165, 1.54) is 35.2 Å². The number of halogens is 2. The summed E-state index contributed by atoms with van der Waals surface area (Å²) in [6.45, 7) is 6.36. The fourth-order valence-corrected chi connectivity index (χ4v) is 5.47. The average molecular weight is 605 g/mol. The second kappa shape index (κ2) is 12.5. The van der Waals surface area contributed by atoms with E-state index in [1.54, 1.807) is 45.0 Å². The van der Waals surface area contributed by atoms with Gasteiger partial charge in [-0.15, -0.1) is 0 Å². The number of rotatable bonds is 10. The number of carbonyl (C=O) groups excluding carboxylic acids is 2. The molecule has 0 bridgehead atoms. The van der Waals surface area contributed by atoms with Gasteiger partial charge in [0.15, 0.2) is 0 Å². The molecule has 7 nitrogen and oxygen atoms in total. The average Bonchev–Trinajstić information content (AvgIpc) is 2.86. The Morgan fingerprint density at radius 2 is 1.55 bits per heavy atom. The third kappa shape index (κ3) is 7.20. The number of hydrogen-bond donors (Lipinski definition) is 1. The van der Waals surface area contributed by atoms with Crippen molar-refractivity contribution in [1.82, 2.24) is 10.2 Å². The molecule has 0 spiro atoms. The van der Waals surface area contributed by atoms with Crippen molar-refractivity contribution < 1.29 is 22.4 Å². The van der Waals surface area contributed by atoms with Gasteiger partial charge in [0.1, 0.15) is 18.4 Å². The van der Waals surface area contributed by atoms with Crippen molar-refractivity contribution in [1.29, 1.82) is 0 Å². The lowest BCUT2D eigenvalue weighted by Gasteiger charge is -2.32. The molecule has 0 radical (unpaired) electrons. The van der Waals surface area contributed by atoms with Gasteiger partial charge in [-0.05, 0) is 69.7 Å². The highest BCUT2D eigenvalue weighted by Gasteiger charge is 2.33. The molecule has 3 aromatic carbocycles. The van der Waals surface area contributed by atoms with E-state index in [2.05, 4.69) is 21.2 Å². The Morgan fingerprint density at radius 3 is 2.13 bits per heavy atom. The third-order valence-electron chi connectivity index (χ3n) is 5.87. The summed E-state index contributed by atoms with van der Waals surface area (Å²) in [5, 5.41) is 2.80. The molecule has 38 heavy (non-hydrogen) atoms. The number of nitrogens with zero attached hydrogens (tertiary/aromatic N) is 2. The van der Waals surface area contributed by atoms with Crippen molar-refractivity contribution in [2.75, 3.05) is 10.8 Å². The van der Waals surface area contributed by atoms with Crippen LogP contribution in [-0.2, 0) is 26.2 Å². The summed E-state index contributed by atoms with van der Waals surface area (Å²) in [4.78, 5) is 27.9. The molecule has 0 fully saturated rings. The maximum absolute atomic E-state index is 14.9. The minimum Gasteiger partial charge on any atom is -0.352 e. The molecule has 0 aliphatic heterocycles. The lowest BCUT2D eigenvalue weighted by molar-refractivity contribution is -0.139. The van der Waals surface area contributed by atoms with Crippen LogP contribution in [0.15, 0.2) is 82.2 Å². The molecule has 202 valence electrons. The number of benzene rings is 3. The molecule has 0 unspecified atom stereocenters. The van der Waals surface area contributed by atoms with Crippen LogP contribution in [0, 0.1) is 12.7 Å². The van der Waals surface area contributed by atoms with E-state index in [0.29, 0.717) is 0 Å². The van der Waals surface area contributed by atoms with Gasteiger partial charge in [-0.3, -0.25) is 13.9 Å². The summed E-state index contributed by atoms with van der Waals surface area (Å²) in [5.74, 6) is -1.83.